The normalized spacial score (nSPS) is 15.9. The molecule has 1 saturated carbocycles. The highest BCUT2D eigenvalue weighted by Crippen LogP contribution is 2.37. The van der Waals surface area contributed by atoms with Crippen LogP contribution in [0.1, 0.15) is 43.2 Å². The van der Waals surface area contributed by atoms with Crippen molar-refractivity contribution in [2.75, 3.05) is 5.32 Å². The summed E-state index contributed by atoms with van der Waals surface area (Å²) in [6, 6.07) is 11.4. The standard InChI is InChI=1S/C21H21Cl2F3N2S/c22-15-5-3-14(4-6-15)9-12-20(10-1-2-11-20)28-19(29)27-16-7-8-18(23)17(13-16)21(24,25)26/h3-8,13H,1-2,9-12H2,(H2,27,28,29). The Kier molecular flexibility index (Phi) is 6.97. The van der Waals surface area contributed by atoms with E-state index in [0.29, 0.717) is 10.1 Å². The molecule has 0 aliphatic heterocycles. The summed E-state index contributed by atoms with van der Waals surface area (Å²) in [5.74, 6) is 0. The smallest absolute Gasteiger partial charge is 0.357 e. The van der Waals surface area contributed by atoms with Crippen LogP contribution in [0.2, 0.25) is 10.0 Å². The van der Waals surface area contributed by atoms with Crippen LogP contribution in [0.5, 0.6) is 0 Å². The Morgan fingerprint density at radius 2 is 1.69 bits per heavy atom. The number of hydrogen-bond donors (Lipinski definition) is 2. The molecule has 2 aromatic rings. The maximum atomic E-state index is 13.1. The van der Waals surface area contributed by atoms with Crippen molar-refractivity contribution in [3.8, 4) is 0 Å². The average Bonchev–Trinajstić information content (AvgIpc) is 3.10. The van der Waals surface area contributed by atoms with Gasteiger partial charge in [0.2, 0.25) is 0 Å². The maximum absolute atomic E-state index is 13.1. The summed E-state index contributed by atoms with van der Waals surface area (Å²) in [7, 11) is 0. The molecule has 3 rings (SSSR count). The van der Waals surface area contributed by atoms with Crippen molar-refractivity contribution in [3.63, 3.8) is 0 Å². The van der Waals surface area contributed by atoms with Crippen LogP contribution in [0.3, 0.4) is 0 Å². The van der Waals surface area contributed by atoms with Crippen LogP contribution in [0.25, 0.3) is 0 Å². The highest BCUT2D eigenvalue weighted by atomic mass is 35.5. The molecule has 2 aromatic carbocycles. The Morgan fingerprint density at radius 3 is 2.31 bits per heavy atom. The Hall–Kier alpha value is -1.50. The van der Waals surface area contributed by atoms with Crippen LogP contribution in [0, 0.1) is 0 Å². The first-order chi connectivity index (χ1) is 13.7. The molecule has 156 valence electrons. The van der Waals surface area contributed by atoms with Crippen molar-refractivity contribution in [2.24, 2.45) is 0 Å². The molecule has 1 aliphatic rings. The molecule has 2 N–H and O–H groups in total. The van der Waals surface area contributed by atoms with E-state index < -0.39 is 11.7 Å². The molecule has 8 heteroatoms. The number of nitrogens with one attached hydrogen (secondary N) is 2. The predicted octanol–water partition coefficient (Wildman–Crippen LogP) is 7.24. The summed E-state index contributed by atoms with van der Waals surface area (Å²) < 4.78 is 39.2. The van der Waals surface area contributed by atoms with Crippen LogP contribution < -0.4 is 10.6 Å². The lowest BCUT2D eigenvalue weighted by atomic mass is 9.89. The van der Waals surface area contributed by atoms with Crippen molar-refractivity contribution in [1.29, 1.82) is 0 Å². The van der Waals surface area contributed by atoms with Gasteiger partial charge in [-0.25, -0.2) is 0 Å². The van der Waals surface area contributed by atoms with Gasteiger partial charge in [0.15, 0.2) is 5.11 Å². The van der Waals surface area contributed by atoms with Gasteiger partial charge in [-0.2, -0.15) is 13.2 Å². The van der Waals surface area contributed by atoms with E-state index in [0.717, 1.165) is 44.6 Å². The van der Waals surface area contributed by atoms with Crippen LogP contribution in [0.4, 0.5) is 18.9 Å². The average molecular weight is 461 g/mol. The molecular weight excluding hydrogens is 440 g/mol. The van der Waals surface area contributed by atoms with Gasteiger partial charge >= 0.3 is 6.18 Å². The van der Waals surface area contributed by atoms with Gasteiger partial charge in [0, 0.05) is 16.2 Å². The molecule has 1 aliphatic carbocycles. The van der Waals surface area contributed by atoms with E-state index in [-0.39, 0.29) is 16.2 Å². The van der Waals surface area contributed by atoms with Gasteiger partial charge < -0.3 is 10.6 Å². The Labute approximate surface area is 183 Å². The van der Waals surface area contributed by atoms with Gasteiger partial charge in [-0.15, -0.1) is 0 Å². The lowest BCUT2D eigenvalue weighted by Crippen LogP contribution is -2.48. The first-order valence-corrected chi connectivity index (χ1v) is 10.5. The van der Waals surface area contributed by atoms with Gasteiger partial charge in [0.05, 0.1) is 10.6 Å². The second kappa shape index (κ2) is 9.11. The van der Waals surface area contributed by atoms with Gasteiger partial charge in [-0.1, -0.05) is 48.2 Å². The van der Waals surface area contributed by atoms with Crippen molar-refractivity contribution < 1.29 is 13.2 Å². The van der Waals surface area contributed by atoms with Crippen molar-refractivity contribution in [1.82, 2.24) is 5.32 Å². The molecule has 0 saturated heterocycles. The number of thiocarbonyl (C=S) groups is 1. The van der Waals surface area contributed by atoms with Gasteiger partial charge in [0.25, 0.3) is 0 Å². The summed E-state index contributed by atoms with van der Waals surface area (Å²) in [6.45, 7) is 0. The monoisotopic (exact) mass is 460 g/mol. The molecule has 0 atom stereocenters. The van der Waals surface area contributed by atoms with E-state index in [1.807, 2.05) is 24.3 Å². The molecule has 0 aromatic heterocycles. The molecular formula is C21H21Cl2F3N2S. The SMILES string of the molecule is FC(F)(F)c1cc(NC(=S)NC2(CCc3ccc(Cl)cc3)CCCC2)ccc1Cl. The van der Waals surface area contributed by atoms with Gasteiger partial charge in [-0.05, 0) is 73.8 Å². The fraction of sp³-hybridized carbons (Fsp3) is 0.381. The van der Waals surface area contributed by atoms with E-state index in [2.05, 4.69) is 10.6 Å². The number of hydrogen-bond acceptors (Lipinski definition) is 1. The summed E-state index contributed by atoms with van der Waals surface area (Å²) in [4.78, 5) is 0. The molecule has 0 bridgehead atoms. The van der Waals surface area contributed by atoms with Crippen LogP contribution >= 0.6 is 35.4 Å². The third-order valence-corrected chi connectivity index (χ3v) is 6.06. The first-order valence-electron chi connectivity index (χ1n) is 9.37. The molecule has 0 radical (unpaired) electrons. The lowest BCUT2D eigenvalue weighted by molar-refractivity contribution is -0.137. The summed E-state index contributed by atoms with van der Waals surface area (Å²) in [5.41, 5.74) is 0.396. The quantitative estimate of drug-likeness (QED) is 0.459. The lowest BCUT2D eigenvalue weighted by Gasteiger charge is -2.32. The minimum absolute atomic E-state index is 0.164. The van der Waals surface area contributed by atoms with Gasteiger partial charge in [-0.3, -0.25) is 0 Å². The minimum atomic E-state index is -4.52. The summed E-state index contributed by atoms with van der Waals surface area (Å²) in [6.07, 6.45) is 1.35. The second-order valence-electron chi connectivity index (χ2n) is 7.39. The highest BCUT2D eigenvalue weighted by molar-refractivity contribution is 7.80. The van der Waals surface area contributed by atoms with E-state index >= 15 is 0 Å². The second-order valence-corrected chi connectivity index (χ2v) is 8.64. The number of halogens is 5. The molecule has 0 amide bonds. The van der Waals surface area contributed by atoms with Crippen LogP contribution in [-0.4, -0.2) is 10.7 Å². The fourth-order valence-corrected chi connectivity index (χ4v) is 4.43. The zero-order valence-electron chi connectivity index (χ0n) is 15.6. The van der Waals surface area contributed by atoms with E-state index in [1.165, 1.54) is 17.7 Å². The molecule has 29 heavy (non-hydrogen) atoms. The predicted molar refractivity (Wildman–Crippen MR) is 117 cm³/mol. The van der Waals surface area contributed by atoms with Crippen LogP contribution in [-0.2, 0) is 12.6 Å². The highest BCUT2D eigenvalue weighted by Gasteiger charge is 2.35. The summed E-state index contributed by atoms with van der Waals surface area (Å²) >= 11 is 17.0. The Balaban J connectivity index is 1.66. The Bertz CT molecular complexity index is 863. The number of rotatable bonds is 5. The number of alkyl halides is 3. The largest absolute Gasteiger partial charge is 0.417 e. The van der Waals surface area contributed by atoms with E-state index in [1.54, 1.807) is 0 Å². The van der Waals surface area contributed by atoms with Crippen molar-refractivity contribution >= 4 is 46.2 Å². The van der Waals surface area contributed by atoms with Crippen molar-refractivity contribution in [3.05, 3.63) is 63.6 Å². The number of anilines is 1. The van der Waals surface area contributed by atoms with E-state index in [9.17, 15) is 13.2 Å². The number of benzene rings is 2. The third kappa shape index (κ3) is 6.00. The number of aryl methyl sites for hydroxylation is 1. The molecule has 2 nitrogen and oxygen atoms in total. The minimum Gasteiger partial charge on any atom is -0.357 e. The zero-order valence-corrected chi connectivity index (χ0v) is 17.9. The van der Waals surface area contributed by atoms with Crippen LogP contribution in [0.15, 0.2) is 42.5 Å². The zero-order chi connectivity index (χ0) is 21.1. The van der Waals surface area contributed by atoms with Crippen molar-refractivity contribution in [2.45, 2.75) is 50.2 Å². The summed E-state index contributed by atoms with van der Waals surface area (Å²) in [5, 5.41) is 6.94. The fourth-order valence-electron chi connectivity index (χ4n) is 3.75. The molecule has 0 spiro atoms. The molecule has 0 heterocycles. The Morgan fingerprint density at radius 1 is 1.03 bits per heavy atom. The third-order valence-electron chi connectivity index (χ3n) is 5.27. The first kappa shape index (κ1) is 22.2. The van der Waals surface area contributed by atoms with Gasteiger partial charge in [0.1, 0.15) is 0 Å². The maximum Gasteiger partial charge on any atom is 0.417 e. The molecule has 1 fully saturated rings. The topological polar surface area (TPSA) is 24.1 Å². The van der Waals surface area contributed by atoms with E-state index in [4.69, 9.17) is 35.4 Å². The molecule has 0 unspecified atom stereocenters.